The Balaban J connectivity index is 2.32. The van der Waals surface area contributed by atoms with Crippen LogP contribution in [0.15, 0.2) is 30.7 Å². The normalized spacial score (nSPS) is 14.3. The first-order valence-electron chi connectivity index (χ1n) is 4.66. The van der Waals surface area contributed by atoms with Crippen LogP contribution in [0.4, 0.5) is 5.69 Å². The van der Waals surface area contributed by atoms with Crippen LogP contribution in [-0.2, 0) is 14.2 Å². The summed E-state index contributed by atoms with van der Waals surface area (Å²) < 4.78 is 14.9. The molecule has 1 aliphatic rings. The van der Waals surface area contributed by atoms with Crippen molar-refractivity contribution in [2.24, 2.45) is 0 Å². The van der Waals surface area contributed by atoms with Gasteiger partial charge in [-0.15, -0.1) is 0 Å². The number of benzene rings is 1. The lowest BCUT2D eigenvalue weighted by molar-refractivity contribution is -0.0240. The molecular formula is C11H11NO4. The fraction of sp³-hybridized carbons (Fsp3) is 0.182. The van der Waals surface area contributed by atoms with Crippen LogP contribution in [0, 0.1) is 0 Å². The quantitative estimate of drug-likeness (QED) is 0.606. The van der Waals surface area contributed by atoms with E-state index in [1.54, 1.807) is 18.2 Å². The highest BCUT2D eigenvalue weighted by molar-refractivity contribution is 5.90. The number of ether oxygens (including phenoxy) is 3. The van der Waals surface area contributed by atoms with Crippen LogP contribution in [0.25, 0.3) is 0 Å². The van der Waals surface area contributed by atoms with E-state index in [1.165, 1.54) is 19.6 Å². The van der Waals surface area contributed by atoms with Crippen molar-refractivity contribution in [3.8, 4) is 0 Å². The van der Waals surface area contributed by atoms with E-state index in [0.717, 1.165) is 0 Å². The van der Waals surface area contributed by atoms with Gasteiger partial charge in [0.15, 0.2) is 0 Å². The van der Waals surface area contributed by atoms with Gasteiger partial charge in [-0.1, -0.05) is 0 Å². The average molecular weight is 221 g/mol. The van der Waals surface area contributed by atoms with Gasteiger partial charge in [-0.3, -0.25) is 0 Å². The molecular weight excluding hydrogens is 210 g/mol. The van der Waals surface area contributed by atoms with Crippen LogP contribution in [0.3, 0.4) is 0 Å². The molecule has 16 heavy (non-hydrogen) atoms. The summed E-state index contributed by atoms with van der Waals surface area (Å²) in [7, 11) is 1.32. The van der Waals surface area contributed by atoms with Crippen molar-refractivity contribution in [2.45, 2.75) is 6.29 Å². The highest BCUT2D eigenvalue weighted by atomic mass is 16.7. The van der Waals surface area contributed by atoms with Crippen LogP contribution in [0.1, 0.15) is 22.2 Å². The molecule has 0 fully saturated rings. The summed E-state index contributed by atoms with van der Waals surface area (Å²) in [5.74, 6) is -0.424. The maximum absolute atomic E-state index is 11.3. The minimum Gasteiger partial charge on any atom is -0.465 e. The lowest BCUT2D eigenvalue weighted by atomic mass is 10.1. The van der Waals surface area contributed by atoms with E-state index in [4.69, 9.17) is 15.2 Å². The molecule has 0 aromatic heterocycles. The summed E-state index contributed by atoms with van der Waals surface area (Å²) in [4.78, 5) is 11.3. The maximum Gasteiger partial charge on any atom is 0.337 e. The molecule has 0 bridgehead atoms. The van der Waals surface area contributed by atoms with Crippen LogP contribution in [0.2, 0.25) is 0 Å². The molecule has 0 amide bonds. The first kappa shape index (κ1) is 10.4. The fourth-order valence-corrected chi connectivity index (χ4v) is 1.41. The van der Waals surface area contributed by atoms with Crippen molar-refractivity contribution in [1.29, 1.82) is 0 Å². The molecule has 84 valence electrons. The predicted octanol–water partition coefficient (Wildman–Crippen LogP) is 1.57. The van der Waals surface area contributed by atoms with Gasteiger partial charge in [0.05, 0.1) is 18.2 Å². The van der Waals surface area contributed by atoms with E-state index in [0.29, 0.717) is 16.8 Å². The molecule has 0 atom stereocenters. The topological polar surface area (TPSA) is 70.8 Å². The number of carbonyl (C=O) groups is 1. The van der Waals surface area contributed by atoms with E-state index in [-0.39, 0.29) is 0 Å². The van der Waals surface area contributed by atoms with Crippen molar-refractivity contribution in [1.82, 2.24) is 0 Å². The third-order valence-electron chi connectivity index (χ3n) is 2.22. The van der Waals surface area contributed by atoms with Gasteiger partial charge in [0.25, 0.3) is 6.29 Å². The number of hydrogen-bond acceptors (Lipinski definition) is 5. The number of nitrogens with two attached hydrogens (primary N) is 1. The second-order valence-electron chi connectivity index (χ2n) is 3.21. The molecule has 0 unspecified atom stereocenters. The second kappa shape index (κ2) is 4.14. The van der Waals surface area contributed by atoms with Crippen molar-refractivity contribution in [3.63, 3.8) is 0 Å². The Kier molecular flexibility index (Phi) is 2.68. The molecule has 0 radical (unpaired) electrons. The largest absolute Gasteiger partial charge is 0.465 e. The summed E-state index contributed by atoms with van der Waals surface area (Å²) >= 11 is 0. The van der Waals surface area contributed by atoms with Crippen LogP contribution >= 0.6 is 0 Å². The number of anilines is 1. The van der Waals surface area contributed by atoms with Crippen LogP contribution in [0.5, 0.6) is 0 Å². The average Bonchev–Trinajstić information content (AvgIpc) is 2.82. The third kappa shape index (κ3) is 1.79. The van der Waals surface area contributed by atoms with Crippen molar-refractivity contribution < 1.29 is 19.0 Å². The zero-order valence-corrected chi connectivity index (χ0v) is 8.67. The molecule has 1 aromatic rings. The first-order chi connectivity index (χ1) is 7.72. The molecule has 0 spiro atoms. The van der Waals surface area contributed by atoms with Crippen molar-refractivity contribution >= 4 is 11.7 Å². The number of methoxy groups -OCH3 is 1. The highest BCUT2D eigenvalue weighted by Crippen LogP contribution is 2.29. The fourth-order valence-electron chi connectivity index (χ4n) is 1.41. The molecule has 5 heteroatoms. The van der Waals surface area contributed by atoms with E-state index in [2.05, 4.69) is 4.74 Å². The molecule has 2 N–H and O–H groups in total. The van der Waals surface area contributed by atoms with Gasteiger partial charge in [-0.2, -0.15) is 0 Å². The summed E-state index contributed by atoms with van der Waals surface area (Å²) in [6.07, 6.45) is 2.26. The van der Waals surface area contributed by atoms with Gasteiger partial charge in [0, 0.05) is 5.69 Å². The Morgan fingerprint density at radius 3 is 2.69 bits per heavy atom. The SMILES string of the molecule is COC(=O)c1ccc(N)c(C2OC=CO2)c1. The predicted molar refractivity (Wildman–Crippen MR) is 56.2 cm³/mol. The van der Waals surface area contributed by atoms with Gasteiger partial charge >= 0.3 is 5.97 Å². The van der Waals surface area contributed by atoms with E-state index in [1.807, 2.05) is 0 Å². The number of esters is 1. The zero-order chi connectivity index (χ0) is 11.5. The van der Waals surface area contributed by atoms with Crippen molar-refractivity contribution in [3.05, 3.63) is 41.9 Å². The molecule has 1 aromatic carbocycles. The van der Waals surface area contributed by atoms with Gasteiger partial charge < -0.3 is 19.9 Å². The number of rotatable bonds is 2. The summed E-state index contributed by atoms with van der Waals surface area (Å²) in [5.41, 5.74) is 7.28. The maximum atomic E-state index is 11.3. The third-order valence-corrected chi connectivity index (χ3v) is 2.22. The second-order valence-corrected chi connectivity index (χ2v) is 3.21. The number of hydrogen-bond donors (Lipinski definition) is 1. The molecule has 5 nitrogen and oxygen atoms in total. The van der Waals surface area contributed by atoms with Crippen LogP contribution in [-0.4, -0.2) is 13.1 Å². The Morgan fingerprint density at radius 2 is 2.06 bits per heavy atom. The van der Waals surface area contributed by atoms with Gasteiger partial charge in [0.2, 0.25) is 0 Å². The number of carbonyl (C=O) groups excluding carboxylic acids is 1. The molecule has 1 aliphatic heterocycles. The Hall–Kier alpha value is -2.17. The monoisotopic (exact) mass is 221 g/mol. The Morgan fingerprint density at radius 1 is 1.38 bits per heavy atom. The van der Waals surface area contributed by atoms with E-state index in [9.17, 15) is 4.79 Å². The van der Waals surface area contributed by atoms with Crippen LogP contribution < -0.4 is 5.73 Å². The highest BCUT2D eigenvalue weighted by Gasteiger charge is 2.20. The smallest absolute Gasteiger partial charge is 0.337 e. The molecule has 0 saturated carbocycles. The van der Waals surface area contributed by atoms with Crippen molar-refractivity contribution in [2.75, 3.05) is 12.8 Å². The van der Waals surface area contributed by atoms with Gasteiger partial charge in [0.1, 0.15) is 12.5 Å². The summed E-state index contributed by atoms with van der Waals surface area (Å²) in [5, 5.41) is 0. The molecule has 0 aliphatic carbocycles. The van der Waals surface area contributed by atoms with E-state index < -0.39 is 12.3 Å². The number of nitrogen functional groups attached to an aromatic ring is 1. The Bertz CT molecular complexity index is 434. The lowest BCUT2D eigenvalue weighted by Gasteiger charge is -2.13. The summed E-state index contributed by atoms with van der Waals surface area (Å²) in [6.45, 7) is 0. The van der Waals surface area contributed by atoms with Gasteiger partial charge in [-0.25, -0.2) is 4.79 Å². The molecule has 1 heterocycles. The minimum absolute atomic E-state index is 0.408. The summed E-state index contributed by atoms with van der Waals surface area (Å²) in [6, 6.07) is 4.80. The molecule has 2 rings (SSSR count). The zero-order valence-electron chi connectivity index (χ0n) is 8.67. The first-order valence-corrected chi connectivity index (χ1v) is 4.66. The minimum atomic E-state index is -0.593. The van der Waals surface area contributed by atoms with Gasteiger partial charge in [-0.05, 0) is 18.2 Å². The molecule has 0 saturated heterocycles. The van der Waals surface area contributed by atoms with E-state index >= 15 is 0 Å². The Labute approximate surface area is 92.4 Å². The lowest BCUT2D eigenvalue weighted by Crippen LogP contribution is -2.07. The standard InChI is InChI=1S/C11H11NO4/c1-14-10(13)7-2-3-9(12)8(6-7)11-15-4-5-16-11/h2-6,11H,12H2,1H3.